The van der Waals surface area contributed by atoms with Gasteiger partial charge in [0.2, 0.25) is 5.95 Å². The van der Waals surface area contributed by atoms with Crippen molar-refractivity contribution in [3.8, 4) is 0 Å². The number of benzene rings is 3. The number of carbonyl (C=O) groups excluding carboxylic acids is 1. The lowest BCUT2D eigenvalue weighted by molar-refractivity contribution is 0.102. The molecule has 3 heterocycles. The van der Waals surface area contributed by atoms with Crippen molar-refractivity contribution in [3.63, 3.8) is 0 Å². The largest absolute Gasteiger partial charge is 0.345 e. The number of para-hydroxylation sites is 1. The van der Waals surface area contributed by atoms with E-state index in [1.807, 2.05) is 36.5 Å². The van der Waals surface area contributed by atoms with Crippen LogP contribution >= 0.6 is 11.6 Å². The summed E-state index contributed by atoms with van der Waals surface area (Å²) in [5.41, 5.74) is 4.19. The van der Waals surface area contributed by atoms with E-state index in [0.717, 1.165) is 61.6 Å². The highest BCUT2D eigenvalue weighted by Gasteiger charge is 2.25. The van der Waals surface area contributed by atoms with Crippen LogP contribution in [0.2, 0.25) is 5.02 Å². The average molecular weight is 555 g/mol. The number of anilines is 1. The van der Waals surface area contributed by atoms with Gasteiger partial charge in [-0.2, -0.15) is 0 Å². The third kappa shape index (κ3) is 5.77. The van der Waals surface area contributed by atoms with Crippen LogP contribution in [0.3, 0.4) is 0 Å². The van der Waals surface area contributed by atoms with Gasteiger partial charge in [-0.3, -0.25) is 15.0 Å². The second-order valence-corrected chi connectivity index (χ2v) is 10.5. The average Bonchev–Trinajstić information content (AvgIpc) is 3.56. The lowest BCUT2D eigenvalue weighted by Gasteiger charge is -2.31. The van der Waals surface area contributed by atoms with Crippen molar-refractivity contribution in [2.24, 2.45) is 0 Å². The maximum absolute atomic E-state index is 13.0. The SMILES string of the molecule is O=C(Nc1nnn[nH]1)c1cn(CCN2CCCN(C(c3ccccc3)c3ccc(Cl)cc3)CC2)c2ccccc12. The van der Waals surface area contributed by atoms with Gasteiger partial charge in [0.25, 0.3) is 5.91 Å². The number of nitrogens with zero attached hydrogens (tertiary/aromatic N) is 6. The molecule has 0 saturated carbocycles. The molecule has 6 rings (SSSR count). The van der Waals surface area contributed by atoms with E-state index in [1.165, 1.54) is 11.1 Å². The topological polar surface area (TPSA) is 95.0 Å². The Labute approximate surface area is 237 Å². The molecule has 1 aliphatic heterocycles. The maximum atomic E-state index is 13.0. The number of nitrogens with one attached hydrogen (secondary N) is 2. The molecular weight excluding hydrogens is 524 g/mol. The lowest BCUT2D eigenvalue weighted by atomic mass is 9.97. The van der Waals surface area contributed by atoms with Crippen molar-refractivity contribution in [1.82, 2.24) is 35.0 Å². The second kappa shape index (κ2) is 12.0. The van der Waals surface area contributed by atoms with Crippen molar-refractivity contribution < 1.29 is 4.79 Å². The van der Waals surface area contributed by atoms with E-state index in [4.69, 9.17) is 11.6 Å². The van der Waals surface area contributed by atoms with E-state index in [-0.39, 0.29) is 17.9 Å². The van der Waals surface area contributed by atoms with Crippen LogP contribution in [0.25, 0.3) is 10.9 Å². The minimum atomic E-state index is -0.243. The first-order valence-corrected chi connectivity index (χ1v) is 13.9. The van der Waals surface area contributed by atoms with Crippen LogP contribution in [-0.2, 0) is 6.54 Å². The minimum Gasteiger partial charge on any atom is -0.345 e. The Kier molecular flexibility index (Phi) is 7.85. The van der Waals surface area contributed by atoms with Crippen molar-refractivity contribution in [1.29, 1.82) is 0 Å². The lowest BCUT2D eigenvalue weighted by Crippen LogP contribution is -2.35. The van der Waals surface area contributed by atoms with Crippen LogP contribution in [0.15, 0.2) is 85.1 Å². The highest BCUT2D eigenvalue weighted by Crippen LogP contribution is 2.30. The van der Waals surface area contributed by atoms with Crippen molar-refractivity contribution in [3.05, 3.63) is 107 Å². The number of aromatic nitrogens is 5. The summed E-state index contributed by atoms with van der Waals surface area (Å²) in [6.45, 7) is 5.68. The standard InChI is InChI=1S/C30H31ClN8O/c31-24-13-11-23(12-14-24)28(22-7-2-1-3-8-22)38-16-6-15-37(17-19-38)18-20-39-21-26(25-9-4-5-10-27(25)39)29(40)32-30-33-35-36-34-30/h1-5,7-14,21,28H,6,15-20H2,(H2,32,33,34,35,36,40). The predicted molar refractivity (Wildman–Crippen MR) is 156 cm³/mol. The third-order valence-corrected chi connectivity index (χ3v) is 7.81. The molecule has 1 amide bonds. The summed E-state index contributed by atoms with van der Waals surface area (Å²) < 4.78 is 2.17. The zero-order chi connectivity index (χ0) is 27.3. The molecule has 1 aliphatic rings. The van der Waals surface area contributed by atoms with Crippen LogP contribution in [0.1, 0.15) is 33.9 Å². The molecule has 10 heteroatoms. The Hall–Kier alpha value is -4.05. The van der Waals surface area contributed by atoms with Crippen LogP contribution in [-0.4, -0.2) is 73.6 Å². The Morgan fingerprint density at radius 1 is 0.900 bits per heavy atom. The first kappa shape index (κ1) is 26.2. The summed E-state index contributed by atoms with van der Waals surface area (Å²) in [4.78, 5) is 18.1. The normalized spacial score (nSPS) is 15.6. The van der Waals surface area contributed by atoms with Crippen molar-refractivity contribution >= 4 is 34.4 Å². The molecule has 0 spiro atoms. The van der Waals surface area contributed by atoms with Gasteiger partial charge in [0.15, 0.2) is 0 Å². The van der Waals surface area contributed by atoms with E-state index in [1.54, 1.807) is 0 Å². The third-order valence-electron chi connectivity index (χ3n) is 7.56. The Balaban J connectivity index is 1.15. The number of halogens is 1. The molecule has 40 heavy (non-hydrogen) atoms. The van der Waals surface area contributed by atoms with Crippen molar-refractivity contribution in [2.45, 2.75) is 19.0 Å². The van der Waals surface area contributed by atoms with Crippen LogP contribution in [0.4, 0.5) is 5.95 Å². The fourth-order valence-corrected chi connectivity index (χ4v) is 5.74. The quantitative estimate of drug-likeness (QED) is 0.284. The number of amides is 1. The Morgan fingerprint density at radius 3 is 2.48 bits per heavy atom. The number of rotatable bonds is 8. The molecule has 5 aromatic rings. The van der Waals surface area contributed by atoms with Crippen LogP contribution in [0.5, 0.6) is 0 Å². The molecular formula is C30H31ClN8O. The Morgan fingerprint density at radius 2 is 1.68 bits per heavy atom. The first-order valence-electron chi connectivity index (χ1n) is 13.6. The van der Waals surface area contributed by atoms with E-state index in [9.17, 15) is 4.79 Å². The number of tetrazole rings is 1. The molecule has 1 fully saturated rings. The summed E-state index contributed by atoms with van der Waals surface area (Å²) in [6, 6.07) is 27.2. The van der Waals surface area contributed by atoms with E-state index < -0.39 is 0 Å². The molecule has 0 radical (unpaired) electrons. The van der Waals surface area contributed by atoms with Gasteiger partial charge < -0.3 is 9.47 Å². The van der Waals surface area contributed by atoms with E-state index in [0.29, 0.717) is 5.56 Å². The van der Waals surface area contributed by atoms with Gasteiger partial charge in [0, 0.05) is 54.8 Å². The van der Waals surface area contributed by atoms with Crippen LogP contribution in [0, 0.1) is 0 Å². The summed E-state index contributed by atoms with van der Waals surface area (Å²) >= 11 is 6.21. The highest BCUT2D eigenvalue weighted by molar-refractivity contribution is 6.30. The fourth-order valence-electron chi connectivity index (χ4n) is 5.62. The van der Waals surface area contributed by atoms with Gasteiger partial charge in [0.1, 0.15) is 0 Å². The zero-order valence-electron chi connectivity index (χ0n) is 22.1. The molecule has 0 bridgehead atoms. The molecule has 2 aromatic heterocycles. The number of H-pyrrole nitrogens is 1. The van der Waals surface area contributed by atoms with Gasteiger partial charge in [-0.25, -0.2) is 5.10 Å². The van der Waals surface area contributed by atoms with E-state index in [2.05, 4.69) is 88.8 Å². The predicted octanol–water partition coefficient (Wildman–Crippen LogP) is 4.86. The number of fused-ring (bicyclic) bond motifs is 1. The molecule has 1 saturated heterocycles. The number of carbonyl (C=O) groups is 1. The molecule has 9 nitrogen and oxygen atoms in total. The van der Waals surface area contributed by atoms with E-state index >= 15 is 0 Å². The summed E-state index contributed by atoms with van der Waals surface area (Å²) in [6.07, 6.45) is 3.02. The minimum absolute atomic E-state index is 0.187. The second-order valence-electron chi connectivity index (χ2n) is 10.1. The van der Waals surface area contributed by atoms with Crippen LogP contribution < -0.4 is 5.32 Å². The maximum Gasteiger partial charge on any atom is 0.260 e. The molecule has 3 aromatic carbocycles. The van der Waals surface area contributed by atoms with Gasteiger partial charge >= 0.3 is 0 Å². The summed E-state index contributed by atoms with van der Waals surface area (Å²) in [5, 5.41) is 17.8. The number of hydrogen-bond acceptors (Lipinski definition) is 6. The number of hydrogen-bond donors (Lipinski definition) is 2. The zero-order valence-corrected chi connectivity index (χ0v) is 22.8. The molecule has 0 aliphatic carbocycles. The molecule has 1 unspecified atom stereocenters. The Bertz CT molecular complexity index is 1550. The first-order chi connectivity index (χ1) is 19.7. The monoisotopic (exact) mass is 554 g/mol. The molecule has 2 N–H and O–H groups in total. The summed E-state index contributed by atoms with van der Waals surface area (Å²) in [5.74, 6) is -0.0172. The van der Waals surface area contributed by atoms with Gasteiger partial charge in [-0.05, 0) is 52.7 Å². The van der Waals surface area contributed by atoms with Gasteiger partial charge in [0.05, 0.1) is 11.6 Å². The molecule has 204 valence electrons. The van der Waals surface area contributed by atoms with Crippen molar-refractivity contribution in [2.75, 3.05) is 38.0 Å². The molecule has 1 atom stereocenters. The highest BCUT2D eigenvalue weighted by atomic mass is 35.5. The smallest absolute Gasteiger partial charge is 0.260 e. The van der Waals surface area contributed by atoms with Gasteiger partial charge in [-0.15, -0.1) is 0 Å². The number of aromatic amines is 1. The summed E-state index contributed by atoms with van der Waals surface area (Å²) in [7, 11) is 0. The fraction of sp³-hybridized carbons (Fsp3) is 0.267. The van der Waals surface area contributed by atoms with Gasteiger partial charge in [-0.1, -0.05) is 77.4 Å².